The third-order valence-corrected chi connectivity index (χ3v) is 19.1. The minimum absolute atomic E-state index is 0.00989. The smallest absolute Gasteiger partial charge is 0.329 e. The number of nitrogen functional groups attached to an aromatic ring is 1. The summed E-state index contributed by atoms with van der Waals surface area (Å²) >= 11 is 0. The molecular formula is C78H104N14O22. The summed E-state index contributed by atoms with van der Waals surface area (Å²) < 4.78 is 5.79. The van der Waals surface area contributed by atoms with Gasteiger partial charge in [-0.05, 0) is 99.4 Å². The van der Waals surface area contributed by atoms with Gasteiger partial charge in [-0.15, -0.1) is 0 Å². The van der Waals surface area contributed by atoms with E-state index in [0.717, 1.165) is 43.7 Å². The quantitative estimate of drug-likeness (QED) is 0.0102. The minimum Gasteiger partial charge on any atom is -0.481 e. The number of carbonyl (C=O) groups excluding carboxylic acids is 16. The number of rotatable bonds is 30. The summed E-state index contributed by atoms with van der Waals surface area (Å²) in [5.41, 5.74) is 20.9. The number of nitrogens with one attached hydrogen (secondary N) is 11. The molecular weight excluding hydrogens is 1480 g/mol. The lowest BCUT2D eigenvalue weighted by Crippen LogP contribution is -2.58. The van der Waals surface area contributed by atoms with Crippen molar-refractivity contribution < 1.29 is 106 Å². The number of benzene rings is 3. The number of aryl methyl sites for hydroxylation is 1. The van der Waals surface area contributed by atoms with E-state index < -0.39 is 249 Å². The number of aliphatic hydroxyl groups excluding tert-OH is 1. The monoisotopic (exact) mass is 1590 g/mol. The molecule has 114 heavy (non-hydrogen) atoms. The second-order valence-corrected chi connectivity index (χ2v) is 28.4. The van der Waals surface area contributed by atoms with Gasteiger partial charge < -0.3 is 95.4 Å². The Balaban J connectivity index is 1.55. The molecule has 3 aromatic carbocycles. The molecule has 2 heterocycles. The highest BCUT2D eigenvalue weighted by Crippen LogP contribution is 2.25. The van der Waals surface area contributed by atoms with E-state index in [4.69, 9.17) is 21.9 Å². The van der Waals surface area contributed by atoms with Crippen LogP contribution in [0.1, 0.15) is 153 Å². The fourth-order valence-corrected chi connectivity index (χ4v) is 12.4. The number of aromatic nitrogens is 1. The van der Waals surface area contributed by atoms with E-state index in [9.17, 15) is 102 Å². The number of allylic oxidation sites excluding steroid dienone is 1. The number of anilines is 1. The van der Waals surface area contributed by atoms with Crippen LogP contribution in [0.5, 0.6) is 0 Å². The molecule has 0 bridgehead atoms. The number of hydrogen-bond donors (Lipinski definition) is 17. The molecule has 1 aromatic heterocycles. The van der Waals surface area contributed by atoms with Crippen LogP contribution in [0.25, 0.3) is 16.5 Å². The number of ether oxygens (including phenoxy) is 1. The number of esters is 1. The molecule has 1 fully saturated rings. The van der Waals surface area contributed by atoms with Crippen molar-refractivity contribution in [3.05, 3.63) is 107 Å². The number of aliphatic hydroxyl groups is 1. The molecule has 13 atom stereocenters. The van der Waals surface area contributed by atoms with Gasteiger partial charge in [0.1, 0.15) is 42.4 Å². The van der Waals surface area contributed by atoms with Crippen LogP contribution in [0.4, 0.5) is 5.69 Å². The molecule has 20 N–H and O–H groups in total. The zero-order chi connectivity index (χ0) is 84.6. The van der Waals surface area contributed by atoms with Gasteiger partial charge >= 0.3 is 17.9 Å². The van der Waals surface area contributed by atoms with Crippen molar-refractivity contribution in [2.45, 2.75) is 193 Å². The van der Waals surface area contributed by atoms with Crippen LogP contribution < -0.4 is 70.4 Å². The maximum absolute atomic E-state index is 14.8. The molecule has 0 saturated carbocycles. The largest absolute Gasteiger partial charge is 0.481 e. The summed E-state index contributed by atoms with van der Waals surface area (Å²) in [6.45, 7) is 6.45. The Morgan fingerprint density at radius 3 is 1.91 bits per heavy atom. The number of Topliss-reactive ketones (excluding diaryl/α,β-unsaturated/α-hetero) is 4. The van der Waals surface area contributed by atoms with Crippen molar-refractivity contribution in [2.75, 3.05) is 32.0 Å². The molecule has 618 valence electrons. The lowest BCUT2D eigenvalue weighted by molar-refractivity contribution is -0.156. The number of hydrogen-bond acceptors (Lipinski definition) is 22. The number of primary amides is 1. The first-order chi connectivity index (χ1) is 53.9. The molecule has 1 aliphatic rings. The summed E-state index contributed by atoms with van der Waals surface area (Å²) in [7, 11) is 0. The molecule has 36 nitrogen and oxygen atoms in total. The second-order valence-electron chi connectivity index (χ2n) is 28.4. The lowest BCUT2D eigenvalue weighted by atomic mass is 9.84. The lowest BCUT2D eigenvalue weighted by Gasteiger charge is -2.29. The van der Waals surface area contributed by atoms with Gasteiger partial charge in [-0.2, -0.15) is 0 Å². The number of unbranched alkanes of at least 4 members (excludes halogenated alkanes) is 2. The predicted molar refractivity (Wildman–Crippen MR) is 411 cm³/mol. The Morgan fingerprint density at radius 2 is 1.28 bits per heavy atom. The maximum atomic E-state index is 14.8. The van der Waals surface area contributed by atoms with E-state index in [1.54, 1.807) is 37.4 Å². The molecule has 36 heteroatoms. The fourth-order valence-electron chi connectivity index (χ4n) is 12.4. The van der Waals surface area contributed by atoms with Gasteiger partial charge in [0.05, 0.1) is 44.6 Å². The minimum atomic E-state index is -2.18. The number of para-hydroxylation sites is 2. The molecule has 0 unspecified atom stereocenters. The van der Waals surface area contributed by atoms with Crippen LogP contribution in [-0.2, 0) is 99.1 Å². The molecule has 0 spiro atoms. The number of fused-ring (bicyclic) bond motifs is 1. The Labute approximate surface area is 657 Å². The first kappa shape index (κ1) is 92.5. The molecule has 4 aromatic rings. The van der Waals surface area contributed by atoms with Crippen LogP contribution in [-0.4, -0.2) is 207 Å². The second kappa shape index (κ2) is 45.4. The number of ketones is 4. The van der Waals surface area contributed by atoms with E-state index in [0.29, 0.717) is 22.0 Å². The number of carboxylic acids is 2. The maximum Gasteiger partial charge on any atom is 0.329 e. The highest BCUT2D eigenvalue weighted by atomic mass is 16.5. The predicted octanol–water partition coefficient (Wildman–Crippen LogP) is -0.564. The van der Waals surface area contributed by atoms with Crippen molar-refractivity contribution in [2.24, 2.45) is 35.1 Å². The Morgan fingerprint density at radius 1 is 0.649 bits per heavy atom. The van der Waals surface area contributed by atoms with E-state index in [1.807, 2.05) is 24.3 Å². The number of aromatic amines is 1. The van der Waals surface area contributed by atoms with Crippen LogP contribution in [0.2, 0.25) is 0 Å². The van der Waals surface area contributed by atoms with Gasteiger partial charge in [-0.25, -0.2) is 4.79 Å². The third-order valence-electron chi connectivity index (χ3n) is 19.1. The highest BCUT2D eigenvalue weighted by Gasteiger charge is 2.40. The van der Waals surface area contributed by atoms with Crippen LogP contribution in [0.3, 0.4) is 0 Å². The third kappa shape index (κ3) is 29.5. The van der Waals surface area contributed by atoms with Crippen molar-refractivity contribution >= 4 is 128 Å². The van der Waals surface area contributed by atoms with Gasteiger partial charge in [0.15, 0.2) is 23.1 Å². The Bertz CT molecular complexity index is 4220. The first-order valence-electron chi connectivity index (χ1n) is 37.4. The van der Waals surface area contributed by atoms with Gasteiger partial charge in [0, 0.05) is 90.7 Å². The van der Waals surface area contributed by atoms with E-state index in [-0.39, 0.29) is 37.1 Å². The van der Waals surface area contributed by atoms with E-state index >= 15 is 0 Å². The van der Waals surface area contributed by atoms with Crippen LogP contribution >= 0.6 is 0 Å². The zero-order valence-electron chi connectivity index (χ0n) is 64.6. The van der Waals surface area contributed by atoms with Gasteiger partial charge in [0.25, 0.3) is 0 Å². The standard InChI is InChI=1S/C78H104N14O22/c1-8-9-10-16-46-22-24-47(25-23-46)40(2)29-65(99)87-57(31-48-36-82-53-20-14-12-17-49(48)53)76(111)89-55(34-64(81)98)61(95)28-43(5)72(107)92-70-45(7)114-78(113)58(33-60(94)50-18-11-13-19-52(50)80)91-74(109)51(41(3)30-68(102)103)32-63(97)59(39-93)88-67(101)37-83-73(108)44(6)85-71(106)42(4)27-62(96)56(35-69(104)105)90-75(110)54(21-15-26-79)86-66(100)38-84-77(70)112/h11-14,17-20,22-25,29,36,41-45,51,54-59,70,82,93H,8-10,15-16,21,26-28,30-35,37-39,79-80H2,1-7H3,(H2,81,98)(H,83,108)(H,84,112)(H,85,106)(H,86,100)(H,87,99)(H,88,101)(H,89,111)(H,90,110)(H,91,109)(H,92,107)(H,102,103)(H,104,105)/b40-29+/t41-,42+,43-,44+,45-,51+,54+,55-,56+,57+,58+,59-,70+/m1/s1. The SMILES string of the molecule is CCCCCc1ccc(/C(C)=C/C(=O)N[C@@H](Cc2c[nH]c3ccccc23)C(=O)N[C@H](CC(N)=O)C(=O)C[C@@H](C)C(=O)N[C@@H]2C(=O)NCC(=O)N[C@@H](CCCN)C(=O)N[C@@H](CC(=O)O)C(=O)C[C@H](C)C(=O)N[C@@H](C)C(=O)NCC(=O)N[C@H](CO)C(=O)C[C@@H]([C@H](C)CC(=O)O)C(=O)N[C@@H](CC(=O)c3ccccc3N)C(=O)O[C@@H]2C)cc1. The number of nitrogens with two attached hydrogens (primary N) is 3. The summed E-state index contributed by atoms with van der Waals surface area (Å²) in [5, 5.41) is 54.3. The number of carboxylic acid groups (broad SMARTS) is 2. The number of H-pyrrole nitrogens is 1. The van der Waals surface area contributed by atoms with Crippen molar-refractivity contribution in [3.8, 4) is 0 Å². The highest BCUT2D eigenvalue weighted by molar-refractivity contribution is 6.05. The number of carbonyl (C=O) groups is 18. The number of aliphatic carboxylic acids is 2. The average molecular weight is 1590 g/mol. The van der Waals surface area contributed by atoms with Crippen LogP contribution in [0, 0.1) is 23.7 Å². The number of amides is 11. The summed E-state index contributed by atoms with van der Waals surface area (Å²) in [5.74, 6) is -26.6. The first-order valence-corrected chi connectivity index (χ1v) is 37.4. The summed E-state index contributed by atoms with van der Waals surface area (Å²) in [6.07, 6.45) is -1.79. The van der Waals surface area contributed by atoms with E-state index in [2.05, 4.69) is 65.1 Å². The van der Waals surface area contributed by atoms with Gasteiger partial charge in [-0.3, -0.25) is 81.5 Å². The fraction of sp³-hybridized carbons (Fsp3) is 0.487. The van der Waals surface area contributed by atoms with Crippen molar-refractivity contribution in [3.63, 3.8) is 0 Å². The Hall–Kier alpha value is -12.1. The summed E-state index contributed by atoms with van der Waals surface area (Å²) in [4.78, 5) is 252. The van der Waals surface area contributed by atoms with E-state index in [1.165, 1.54) is 58.0 Å². The molecule has 1 saturated heterocycles. The molecule has 5 rings (SSSR count). The van der Waals surface area contributed by atoms with Crippen molar-refractivity contribution in [1.82, 2.24) is 58.2 Å². The summed E-state index contributed by atoms with van der Waals surface area (Å²) in [6, 6.07) is 5.91. The average Bonchev–Trinajstić information content (AvgIpc) is 1.58. The molecule has 0 radical (unpaired) electrons. The number of cyclic esters (lactones) is 1. The Kier molecular flexibility index (Phi) is 36.9. The molecule has 0 aliphatic carbocycles. The van der Waals surface area contributed by atoms with Gasteiger partial charge in [-0.1, -0.05) is 95.1 Å². The topological polar surface area (TPSA) is 591 Å². The molecule has 11 amide bonds. The van der Waals surface area contributed by atoms with Crippen LogP contribution in [0.15, 0.2) is 85.1 Å². The normalized spacial score (nSPS) is 21.7. The van der Waals surface area contributed by atoms with Gasteiger partial charge in [0.2, 0.25) is 65.0 Å². The zero-order valence-corrected chi connectivity index (χ0v) is 64.6. The van der Waals surface area contributed by atoms with Crippen molar-refractivity contribution in [1.29, 1.82) is 0 Å². The molecule has 1 aliphatic heterocycles.